The number of hydrogen-bond acceptors (Lipinski definition) is 4. The summed E-state index contributed by atoms with van der Waals surface area (Å²) in [5.74, 6) is 0.566. The first-order chi connectivity index (χ1) is 9.44. The predicted molar refractivity (Wildman–Crippen MR) is 76.8 cm³/mol. The van der Waals surface area contributed by atoms with E-state index in [0.29, 0.717) is 25.4 Å². The Bertz CT molecular complexity index is 434. The lowest BCUT2D eigenvalue weighted by Crippen LogP contribution is -2.52. The Morgan fingerprint density at radius 3 is 2.35 bits per heavy atom. The monoisotopic (exact) mass is 278 g/mol. The van der Waals surface area contributed by atoms with Gasteiger partial charge in [0.1, 0.15) is 5.75 Å². The Labute approximate surface area is 119 Å². The number of para-hydroxylation sites is 1. The fraction of sp³-hybridized carbons (Fsp3) is 0.533. The van der Waals surface area contributed by atoms with Gasteiger partial charge in [0.25, 0.3) is 0 Å². The van der Waals surface area contributed by atoms with Gasteiger partial charge in [0, 0.05) is 32.7 Å². The lowest BCUT2D eigenvalue weighted by molar-refractivity contribution is 0.0199. The first-order valence-corrected chi connectivity index (χ1v) is 6.90. The van der Waals surface area contributed by atoms with Gasteiger partial charge in [-0.25, -0.2) is 4.79 Å². The van der Waals surface area contributed by atoms with E-state index in [-0.39, 0.29) is 6.09 Å². The molecule has 2 rings (SSSR count). The number of ether oxygens (including phenoxy) is 1. The molecule has 5 heteroatoms. The molecule has 1 amide bonds. The SMILES string of the molecule is CC(C)(O)CN1CCN(C(=O)Oc2ccccc2)CC1. The fourth-order valence-electron chi connectivity index (χ4n) is 2.29. The van der Waals surface area contributed by atoms with Crippen molar-refractivity contribution in [3.05, 3.63) is 30.3 Å². The number of β-amino-alcohol motifs (C(OH)–C–C–N with tert-alkyl or cyclic N) is 1. The Balaban J connectivity index is 1.80. The van der Waals surface area contributed by atoms with Crippen molar-refractivity contribution in [1.29, 1.82) is 0 Å². The summed E-state index contributed by atoms with van der Waals surface area (Å²) in [6, 6.07) is 9.09. The van der Waals surface area contributed by atoms with Crippen molar-refractivity contribution in [2.75, 3.05) is 32.7 Å². The number of piperazine rings is 1. The highest BCUT2D eigenvalue weighted by Crippen LogP contribution is 2.13. The van der Waals surface area contributed by atoms with Crippen LogP contribution in [0.2, 0.25) is 0 Å². The van der Waals surface area contributed by atoms with E-state index >= 15 is 0 Å². The van der Waals surface area contributed by atoms with Crippen LogP contribution in [0.4, 0.5) is 4.79 Å². The summed E-state index contributed by atoms with van der Waals surface area (Å²) >= 11 is 0. The molecule has 1 heterocycles. The topological polar surface area (TPSA) is 53.0 Å². The molecular weight excluding hydrogens is 256 g/mol. The summed E-state index contributed by atoms with van der Waals surface area (Å²) in [6.07, 6.45) is -0.306. The zero-order valence-corrected chi connectivity index (χ0v) is 12.1. The minimum absolute atomic E-state index is 0.306. The van der Waals surface area contributed by atoms with Crippen LogP contribution in [0, 0.1) is 0 Å². The first kappa shape index (κ1) is 14.8. The predicted octanol–water partition coefficient (Wildman–Crippen LogP) is 1.57. The second-order valence-electron chi connectivity index (χ2n) is 5.76. The first-order valence-electron chi connectivity index (χ1n) is 6.90. The number of amides is 1. The molecule has 1 saturated heterocycles. The van der Waals surface area contributed by atoms with Crippen LogP contribution < -0.4 is 4.74 Å². The van der Waals surface area contributed by atoms with Crippen molar-refractivity contribution in [2.45, 2.75) is 19.4 Å². The second kappa shape index (κ2) is 6.24. The van der Waals surface area contributed by atoms with E-state index < -0.39 is 5.60 Å². The van der Waals surface area contributed by atoms with Crippen molar-refractivity contribution < 1.29 is 14.6 Å². The number of rotatable bonds is 3. The Hall–Kier alpha value is -1.59. The largest absolute Gasteiger partial charge is 0.415 e. The maximum atomic E-state index is 12.0. The standard InChI is InChI=1S/C15H22N2O3/c1-15(2,19)12-16-8-10-17(11-9-16)14(18)20-13-6-4-3-5-7-13/h3-7,19H,8-12H2,1-2H3. The molecule has 110 valence electrons. The number of benzene rings is 1. The molecule has 0 saturated carbocycles. The molecule has 1 aliphatic rings. The fourth-order valence-corrected chi connectivity index (χ4v) is 2.29. The Morgan fingerprint density at radius 2 is 1.80 bits per heavy atom. The smallest absolute Gasteiger partial charge is 0.410 e. The average molecular weight is 278 g/mol. The van der Waals surface area contributed by atoms with Crippen molar-refractivity contribution in [3.8, 4) is 5.75 Å². The maximum absolute atomic E-state index is 12.0. The van der Waals surface area contributed by atoms with Crippen molar-refractivity contribution >= 4 is 6.09 Å². The van der Waals surface area contributed by atoms with E-state index in [9.17, 15) is 9.90 Å². The third-order valence-electron chi connectivity index (χ3n) is 3.19. The lowest BCUT2D eigenvalue weighted by atomic mass is 10.1. The molecule has 0 unspecified atom stereocenters. The summed E-state index contributed by atoms with van der Waals surface area (Å²) in [7, 11) is 0. The summed E-state index contributed by atoms with van der Waals surface area (Å²) in [6.45, 7) is 6.98. The van der Waals surface area contributed by atoms with Gasteiger partial charge in [-0.15, -0.1) is 0 Å². The Kier molecular flexibility index (Phi) is 4.62. The molecule has 0 atom stereocenters. The quantitative estimate of drug-likeness (QED) is 0.912. The van der Waals surface area contributed by atoms with Gasteiger partial charge < -0.3 is 14.7 Å². The third-order valence-corrected chi connectivity index (χ3v) is 3.19. The highest BCUT2D eigenvalue weighted by atomic mass is 16.6. The molecular formula is C15H22N2O3. The van der Waals surface area contributed by atoms with Crippen molar-refractivity contribution in [2.24, 2.45) is 0 Å². The van der Waals surface area contributed by atoms with E-state index in [2.05, 4.69) is 4.90 Å². The third kappa shape index (κ3) is 4.51. The van der Waals surface area contributed by atoms with Gasteiger partial charge in [-0.2, -0.15) is 0 Å². The van der Waals surface area contributed by atoms with Gasteiger partial charge in [0.15, 0.2) is 0 Å². The Morgan fingerprint density at radius 1 is 1.20 bits per heavy atom. The molecule has 0 bridgehead atoms. The van der Waals surface area contributed by atoms with Gasteiger partial charge in [0.05, 0.1) is 5.60 Å². The number of aliphatic hydroxyl groups is 1. The highest BCUT2D eigenvalue weighted by molar-refractivity contribution is 5.70. The molecule has 1 N–H and O–H groups in total. The van der Waals surface area contributed by atoms with Gasteiger partial charge in [0.2, 0.25) is 0 Å². The van der Waals surface area contributed by atoms with E-state index in [0.717, 1.165) is 13.1 Å². The molecule has 0 radical (unpaired) electrons. The average Bonchev–Trinajstić information content (AvgIpc) is 2.39. The summed E-state index contributed by atoms with van der Waals surface area (Å²) < 4.78 is 5.31. The van der Waals surface area contributed by atoms with Crippen molar-refractivity contribution in [1.82, 2.24) is 9.80 Å². The van der Waals surface area contributed by atoms with Crippen molar-refractivity contribution in [3.63, 3.8) is 0 Å². The van der Waals surface area contributed by atoms with Gasteiger partial charge in [-0.3, -0.25) is 4.90 Å². The summed E-state index contributed by atoms with van der Waals surface area (Å²) in [4.78, 5) is 15.9. The van der Waals surface area contributed by atoms with Crippen LogP contribution >= 0.6 is 0 Å². The van der Waals surface area contributed by atoms with Gasteiger partial charge in [-0.1, -0.05) is 18.2 Å². The van der Waals surface area contributed by atoms with Crippen LogP contribution in [0.25, 0.3) is 0 Å². The lowest BCUT2D eigenvalue weighted by Gasteiger charge is -2.36. The molecule has 1 aromatic rings. The van der Waals surface area contributed by atoms with E-state index in [1.807, 2.05) is 18.2 Å². The highest BCUT2D eigenvalue weighted by Gasteiger charge is 2.25. The maximum Gasteiger partial charge on any atom is 0.415 e. The zero-order valence-electron chi connectivity index (χ0n) is 12.1. The number of hydrogen-bond donors (Lipinski definition) is 1. The van der Waals surface area contributed by atoms with Gasteiger partial charge >= 0.3 is 6.09 Å². The van der Waals surface area contributed by atoms with Gasteiger partial charge in [-0.05, 0) is 26.0 Å². The van der Waals surface area contributed by atoms with Crippen LogP contribution in [0.15, 0.2) is 30.3 Å². The van der Waals surface area contributed by atoms with Crippen LogP contribution in [0.3, 0.4) is 0 Å². The molecule has 5 nitrogen and oxygen atoms in total. The summed E-state index contributed by atoms with van der Waals surface area (Å²) in [5, 5.41) is 9.79. The molecule has 0 aromatic heterocycles. The van der Waals surface area contributed by atoms with E-state index in [4.69, 9.17) is 4.74 Å². The molecule has 20 heavy (non-hydrogen) atoms. The minimum atomic E-state index is -0.702. The minimum Gasteiger partial charge on any atom is -0.410 e. The molecule has 1 fully saturated rings. The van der Waals surface area contributed by atoms with Crippen LogP contribution in [-0.4, -0.2) is 59.3 Å². The van der Waals surface area contributed by atoms with E-state index in [1.165, 1.54) is 0 Å². The zero-order chi connectivity index (χ0) is 14.6. The van der Waals surface area contributed by atoms with Crippen LogP contribution in [-0.2, 0) is 0 Å². The molecule has 0 aliphatic carbocycles. The molecule has 1 aliphatic heterocycles. The molecule has 1 aromatic carbocycles. The number of carbonyl (C=O) groups excluding carboxylic acids is 1. The normalized spacial score (nSPS) is 17.1. The number of carbonyl (C=O) groups is 1. The number of nitrogens with zero attached hydrogens (tertiary/aromatic N) is 2. The van der Waals surface area contributed by atoms with E-state index in [1.54, 1.807) is 30.9 Å². The second-order valence-corrected chi connectivity index (χ2v) is 5.76. The van der Waals surface area contributed by atoms with Crippen LogP contribution in [0.1, 0.15) is 13.8 Å². The summed E-state index contributed by atoms with van der Waals surface area (Å²) in [5.41, 5.74) is -0.702. The van der Waals surface area contributed by atoms with Crippen LogP contribution in [0.5, 0.6) is 5.75 Å². The molecule has 0 spiro atoms.